The van der Waals surface area contributed by atoms with Gasteiger partial charge in [-0.05, 0) is 47.5 Å². The average Bonchev–Trinajstić information content (AvgIpc) is 3.40. The number of Topliss-reactive ketones (excluding diaryl/α,β-unsaturated/α-hetero) is 1. The summed E-state index contributed by atoms with van der Waals surface area (Å²) in [7, 11) is 0. The molecule has 7 heteroatoms. The molecule has 0 spiro atoms. The fourth-order valence-corrected chi connectivity index (χ4v) is 4.87. The molecule has 0 fully saturated rings. The van der Waals surface area contributed by atoms with E-state index in [0.717, 1.165) is 4.88 Å². The first-order valence-electron chi connectivity index (χ1n) is 8.14. The summed E-state index contributed by atoms with van der Waals surface area (Å²) >= 11 is 8.96. The molecule has 1 N–H and O–H groups in total. The molecule has 1 aliphatic rings. The highest BCUT2D eigenvalue weighted by Crippen LogP contribution is 2.45. The summed E-state index contributed by atoms with van der Waals surface area (Å²) in [6, 6.07) is 11.7. The highest BCUT2D eigenvalue weighted by Gasteiger charge is 2.45. The van der Waals surface area contributed by atoms with Crippen LogP contribution >= 0.6 is 34.3 Å². The summed E-state index contributed by atoms with van der Waals surface area (Å²) in [6.45, 7) is 1.81. The molecule has 4 nitrogen and oxygen atoms in total. The lowest BCUT2D eigenvalue weighted by Gasteiger charge is -2.27. The molecule has 1 unspecified atom stereocenters. The van der Waals surface area contributed by atoms with E-state index in [4.69, 9.17) is 11.6 Å². The number of ketones is 1. The number of rotatable bonds is 4. The number of nitrogens with zero attached hydrogens (tertiary/aromatic N) is 1. The van der Waals surface area contributed by atoms with Crippen LogP contribution in [0.25, 0.3) is 0 Å². The van der Waals surface area contributed by atoms with Gasteiger partial charge in [-0.2, -0.15) is 0 Å². The van der Waals surface area contributed by atoms with Gasteiger partial charge in [-0.3, -0.25) is 14.5 Å². The van der Waals surface area contributed by atoms with Crippen molar-refractivity contribution in [3.8, 4) is 0 Å². The summed E-state index contributed by atoms with van der Waals surface area (Å²) in [5, 5.41) is 14.8. The van der Waals surface area contributed by atoms with Crippen LogP contribution in [0.4, 0.5) is 5.69 Å². The first-order valence-corrected chi connectivity index (χ1v) is 10.3. The van der Waals surface area contributed by atoms with Crippen LogP contribution in [0.15, 0.2) is 64.6 Å². The van der Waals surface area contributed by atoms with Crippen molar-refractivity contribution in [3.05, 3.63) is 84.9 Å². The lowest BCUT2D eigenvalue weighted by atomic mass is 10.00. The Balaban J connectivity index is 1.90. The smallest absolute Gasteiger partial charge is 0.294 e. The second-order valence-corrected chi connectivity index (χ2v) is 8.38. The lowest BCUT2D eigenvalue weighted by molar-refractivity contribution is -0.117. The van der Waals surface area contributed by atoms with Crippen LogP contribution in [0.1, 0.15) is 26.2 Å². The maximum Gasteiger partial charge on any atom is 0.294 e. The summed E-state index contributed by atoms with van der Waals surface area (Å²) in [5.41, 5.74) is 1.39. The molecule has 1 atom stereocenters. The van der Waals surface area contributed by atoms with Crippen molar-refractivity contribution in [1.29, 1.82) is 0 Å². The van der Waals surface area contributed by atoms with Crippen molar-refractivity contribution >= 4 is 51.7 Å². The minimum Gasteiger partial charge on any atom is -0.503 e. The summed E-state index contributed by atoms with van der Waals surface area (Å²) in [4.78, 5) is 28.8. The van der Waals surface area contributed by atoms with Crippen LogP contribution in [0.2, 0.25) is 5.02 Å². The number of anilines is 1. The number of hydrogen-bond acceptors (Lipinski definition) is 5. The molecule has 3 aromatic rings. The Morgan fingerprint density at radius 3 is 2.52 bits per heavy atom. The lowest BCUT2D eigenvalue weighted by Crippen LogP contribution is -2.31. The minimum atomic E-state index is -0.690. The van der Waals surface area contributed by atoms with E-state index >= 15 is 0 Å². The standard InChI is InChI=1S/C20H14ClNO3S2/c1-11-12(21)5-2-6-13(11)22-17(14-7-3-9-26-14)16(19(24)20(22)25)18(23)15-8-4-10-27-15/h2-10,17,24H,1H3. The quantitative estimate of drug-likeness (QED) is 0.568. The Morgan fingerprint density at radius 1 is 1.11 bits per heavy atom. The Bertz CT molecular complexity index is 1060. The van der Waals surface area contributed by atoms with E-state index in [1.807, 2.05) is 24.4 Å². The van der Waals surface area contributed by atoms with E-state index in [0.29, 0.717) is 21.2 Å². The molecule has 1 aliphatic heterocycles. The predicted molar refractivity (Wildman–Crippen MR) is 109 cm³/mol. The highest BCUT2D eigenvalue weighted by atomic mass is 35.5. The maximum absolute atomic E-state index is 13.1. The predicted octanol–water partition coefficient (Wildman–Crippen LogP) is 5.55. The number of aliphatic hydroxyl groups excluding tert-OH is 1. The normalized spacial score (nSPS) is 17.0. The molecule has 0 saturated heterocycles. The molecule has 0 bridgehead atoms. The van der Waals surface area contributed by atoms with Gasteiger partial charge in [0.1, 0.15) is 6.04 Å². The average molecular weight is 416 g/mol. The zero-order valence-electron chi connectivity index (χ0n) is 14.2. The van der Waals surface area contributed by atoms with E-state index in [1.165, 1.54) is 27.6 Å². The number of carbonyl (C=O) groups is 2. The molecule has 4 rings (SSSR count). The van der Waals surface area contributed by atoms with Crippen LogP contribution in [0, 0.1) is 6.92 Å². The fraction of sp³-hybridized carbons (Fsp3) is 0.100. The molecule has 136 valence electrons. The van der Waals surface area contributed by atoms with Crippen molar-refractivity contribution in [2.75, 3.05) is 4.90 Å². The number of thiophene rings is 2. The third kappa shape index (κ3) is 2.90. The molecule has 1 amide bonds. The van der Waals surface area contributed by atoms with Gasteiger partial charge >= 0.3 is 0 Å². The van der Waals surface area contributed by atoms with Crippen LogP contribution in [-0.4, -0.2) is 16.8 Å². The Kier molecular flexibility index (Phi) is 4.63. The fourth-order valence-electron chi connectivity index (χ4n) is 3.20. The zero-order valence-corrected chi connectivity index (χ0v) is 16.6. The molecule has 0 aliphatic carbocycles. The first-order chi connectivity index (χ1) is 13.0. The number of halogens is 1. The molecule has 2 aromatic heterocycles. The van der Waals surface area contributed by atoms with Gasteiger partial charge in [-0.1, -0.05) is 29.8 Å². The van der Waals surface area contributed by atoms with Crippen molar-refractivity contribution < 1.29 is 14.7 Å². The Hall–Kier alpha value is -2.41. The largest absolute Gasteiger partial charge is 0.503 e. The molecular weight excluding hydrogens is 402 g/mol. The zero-order chi connectivity index (χ0) is 19.1. The number of benzene rings is 1. The van der Waals surface area contributed by atoms with E-state index in [9.17, 15) is 14.7 Å². The third-order valence-corrected chi connectivity index (χ3v) is 6.71. The molecule has 3 heterocycles. The number of carbonyl (C=O) groups excluding carboxylic acids is 2. The number of amides is 1. The van der Waals surface area contributed by atoms with Crippen molar-refractivity contribution in [1.82, 2.24) is 0 Å². The first kappa shape index (κ1) is 18.0. The van der Waals surface area contributed by atoms with Gasteiger partial charge in [0, 0.05) is 15.6 Å². The van der Waals surface area contributed by atoms with Crippen molar-refractivity contribution in [2.45, 2.75) is 13.0 Å². The Morgan fingerprint density at radius 2 is 1.85 bits per heavy atom. The minimum absolute atomic E-state index is 0.101. The van der Waals surface area contributed by atoms with Crippen molar-refractivity contribution in [2.24, 2.45) is 0 Å². The number of aliphatic hydroxyl groups is 1. The van der Waals surface area contributed by atoms with Crippen LogP contribution in [-0.2, 0) is 4.79 Å². The van der Waals surface area contributed by atoms with Gasteiger partial charge in [0.15, 0.2) is 5.76 Å². The van der Waals surface area contributed by atoms with Gasteiger partial charge in [-0.25, -0.2) is 0 Å². The topological polar surface area (TPSA) is 57.6 Å². The summed E-state index contributed by atoms with van der Waals surface area (Å²) < 4.78 is 0. The van der Waals surface area contributed by atoms with Gasteiger partial charge in [0.25, 0.3) is 5.91 Å². The monoisotopic (exact) mass is 415 g/mol. The maximum atomic E-state index is 13.1. The second-order valence-electron chi connectivity index (χ2n) is 6.05. The van der Waals surface area contributed by atoms with E-state index in [1.54, 1.807) is 35.7 Å². The van der Waals surface area contributed by atoms with Gasteiger partial charge in [-0.15, -0.1) is 22.7 Å². The highest BCUT2D eigenvalue weighted by molar-refractivity contribution is 7.12. The van der Waals surface area contributed by atoms with E-state index in [2.05, 4.69) is 0 Å². The molecule has 27 heavy (non-hydrogen) atoms. The van der Waals surface area contributed by atoms with Crippen LogP contribution < -0.4 is 4.90 Å². The molecular formula is C20H14ClNO3S2. The number of hydrogen-bond donors (Lipinski definition) is 1. The third-order valence-electron chi connectivity index (χ3n) is 4.51. The van der Waals surface area contributed by atoms with E-state index < -0.39 is 17.7 Å². The van der Waals surface area contributed by atoms with Gasteiger partial charge in [0.05, 0.1) is 10.5 Å². The second kappa shape index (κ2) is 6.96. The Labute approximate surface area is 169 Å². The molecule has 0 saturated carbocycles. The molecule has 1 aromatic carbocycles. The van der Waals surface area contributed by atoms with Gasteiger partial charge in [0.2, 0.25) is 5.78 Å². The van der Waals surface area contributed by atoms with E-state index in [-0.39, 0.29) is 11.4 Å². The van der Waals surface area contributed by atoms with Crippen LogP contribution in [0.5, 0.6) is 0 Å². The van der Waals surface area contributed by atoms with Crippen molar-refractivity contribution in [3.63, 3.8) is 0 Å². The van der Waals surface area contributed by atoms with Gasteiger partial charge < -0.3 is 5.11 Å². The van der Waals surface area contributed by atoms with Crippen LogP contribution in [0.3, 0.4) is 0 Å². The summed E-state index contributed by atoms with van der Waals surface area (Å²) in [6.07, 6.45) is 0. The SMILES string of the molecule is Cc1c(Cl)cccc1N1C(=O)C(O)=C(C(=O)c2cccs2)C1c1cccs1. The summed E-state index contributed by atoms with van der Waals surface area (Å²) in [5.74, 6) is -1.44. The molecule has 0 radical (unpaired) electrons.